The Balaban J connectivity index is 1.55. The van der Waals surface area contributed by atoms with Crippen LogP contribution in [0.5, 0.6) is 5.75 Å². The summed E-state index contributed by atoms with van der Waals surface area (Å²) in [6, 6.07) is 40.2. The van der Waals surface area contributed by atoms with E-state index in [1.54, 1.807) is 18.2 Å². The summed E-state index contributed by atoms with van der Waals surface area (Å²) in [6.45, 7) is 4.05. The van der Waals surface area contributed by atoms with Crippen LogP contribution in [-0.2, 0) is 25.2 Å². The third-order valence-electron chi connectivity index (χ3n) is 10.5. The van der Waals surface area contributed by atoms with E-state index in [4.69, 9.17) is 16.3 Å². The molecule has 5 aromatic rings. The lowest BCUT2D eigenvalue weighted by Gasteiger charge is -2.39. The molecule has 8 rings (SSSR count). The lowest BCUT2D eigenvalue weighted by atomic mass is 9.59. The third-order valence-corrected chi connectivity index (χ3v) is 10.7. The molecule has 2 aliphatic carbocycles. The molecule has 1 saturated heterocycles. The van der Waals surface area contributed by atoms with Crippen LogP contribution < -0.4 is 9.64 Å². The van der Waals surface area contributed by atoms with Crippen molar-refractivity contribution >= 4 is 46.0 Å². The van der Waals surface area contributed by atoms with Crippen molar-refractivity contribution in [1.29, 1.82) is 0 Å². The zero-order chi connectivity index (χ0) is 33.4. The molecular weight excluding hydrogens is 618 g/mol. The fourth-order valence-corrected chi connectivity index (χ4v) is 8.81. The Kier molecular flexibility index (Phi) is 6.83. The number of nitrogens with zero attached hydrogens (tertiary/aromatic N) is 1. The number of fused-ring (bicyclic) bond motifs is 5. The van der Waals surface area contributed by atoms with Crippen LogP contribution in [-0.4, -0.2) is 24.7 Å². The minimum absolute atomic E-state index is 0.159. The van der Waals surface area contributed by atoms with Crippen LogP contribution in [0.3, 0.4) is 0 Å². The van der Waals surface area contributed by atoms with E-state index in [1.807, 2.05) is 123 Å². The average Bonchev–Trinajstić information content (AvgIpc) is 3.61. The lowest BCUT2D eigenvalue weighted by molar-refractivity contribution is -0.130. The van der Waals surface area contributed by atoms with Crippen molar-refractivity contribution in [3.8, 4) is 5.75 Å². The molecular formula is C42H32ClNO4. The Labute approximate surface area is 284 Å². The first-order chi connectivity index (χ1) is 23.3. The number of allylic oxidation sites excluding steroid dienone is 2. The number of amides is 2. The molecule has 2 bridgehead atoms. The zero-order valence-electron chi connectivity index (χ0n) is 26.7. The van der Waals surface area contributed by atoms with Crippen LogP contribution in [0.2, 0.25) is 5.02 Å². The van der Waals surface area contributed by atoms with Crippen LogP contribution in [0.1, 0.15) is 33.4 Å². The van der Waals surface area contributed by atoms with Gasteiger partial charge in [-0.15, -0.1) is 0 Å². The van der Waals surface area contributed by atoms with Gasteiger partial charge in [-0.05, 0) is 65.4 Å². The monoisotopic (exact) mass is 649 g/mol. The molecule has 48 heavy (non-hydrogen) atoms. The number of ether oxygens (including phenoxy) is 1. The van der Waals surface area contributed by atoms with Crippen molar-refractivity contribution in [3.05, 3.63) is 166 Å². The zero-order valence-corrected chi connectivity index (χ0v) is 27.5. The minimum atomic E-state index is -1.48. The first-order valence-corrected chi connectivity index (χ1v) is 16.4. The summed E-state index contributed by atoms with van der Waals surface area (Å²) in [5, 5.41) is 0.358. The number of carbonyl (C=O) groups is 3. The number of anilines is 1. The number of aryl methyl sites for hydroxylation is 2. The summed E-state index contributed by atoms with van der Waals surface area (Å²) in [6.07, 6.45) is 0. The van der Waals surface area contributed by atoms with Crippen molar-refractivity contribution in [1.82, 2.24) is 0 Å². The van der Waals surface area contributed by atoms with E-state index in [9.17, 15) is 0 Å². The molecule has 0 aromatic heterocycles. The van der Waals surface area contributed by atoms with Crippen molar-refractivity contribution < 1.29 is 19.1 Å². The number of hydrogen-bond acceptors (Lipinski definition) is 4. The van der Waals surface area contributed by atoms with Crippen LogP contribution >= 0.6 is 11.6 Å². The maximum atomic E-state index is 16.0. The SMILES string of the molecule is COc1ccc(Cl)cc1N1C(=O)[C@H]2[C@H](C1=O)[C@@]1(c3ccccc3)C(=O)[C@@]2(c2ccccc2)C(c2ccc(C)cc2)=C1c1ccc(C)cc1. The Morgan fingerprint density at radius 1 is 0.604 bits per heavy atom. The van der Waals surface area contributed by atoms with Gasteiger partial charge in [-0.2, -0.15) is 0 Å². The van der Waals surface area contributed by atoms with E-state index in [1.165, 1.54) is 12.0 Å². The van der Waals surface area contributed by atoms with E-state index in [2.05, 4.69) is 0 Å². The first kappa shape index (κ1) is 30.1. The largest absolute Gasteiger partial charge is 0.495 e. The summed E-state index contributed by atoms with van der Waals surface area (Å²) < 4.78 is 5.66. The molecule has 3 aliphatic rings. The van der Waals surface area contributed by atoms with Crippen LogP contribution in [0.15, 0.2) is 127 Å². The van der Waals surface area contributed by atoms with Crippen molar-refractivity contribution in [2.75, 3.05) is 12.0 Å². The first-order valence-electron chi connectivity index (χ1n) is 16.0. The molecule has 1 aliphatic heterocycles. The normalized spacial score (nSPS) is 24.4. The second-order valence-electron chi connectivity index (χ2n) is 12.9. The lowest BCUT2D eigenvalue weighted by Crippen LogP contribution is -2.45. The van der Waals surface area contributed by atoms with Gasteiger partial charge in [-0.3, -0.25) is 14.4 Å². The van der Waals surface area contributed by atoms with Crippen molar-refractivity contribution in [2.45, 2.75) is 24.7 Å². The summed E-state index contributed by atoms with van der Waals surface area (Å²) >= 11 is 6.47. The molecule has 2 amide bonds. The predicted octanol–water partition coefficient (Wildman–Crippen LogP) is 8.15. The van der Waals surface area contributed by atoms with Gasteiger partial charge in [0.25, 0.3) is 0 Å². The number of carbonyl (C=O) groups excluding carboxylic acids is 3. The molecule has 0 unspecified atom stereocenters. The fraction of sp³-hybridized carbons (Fsp3) is 0.167. The second kappa shape index (κ2) is 10.9. The van der Waals surface area contributed by atoms with Gasteiger partial charge >= 0.3 is 0 Å². The number of Topliss-reactive ketones (excluding diaryl/α,β-unsaturated/α-hetero) is 1. The van der Waals surface area contributed by atoms with Crippen molar-refractivity contribution in [2.24, 2.45) is 11.8 Å². The van der Waals surface area contributed by atoms with Gasteiger partial charge in [0.15, 0.2) is 5.78 Å². The van der Waals surface area contributed by atoms with Crippen LogP contribution in [0.4, 0.5) is 5.69 Å². The minimum Gasteiger partial charge on any atom is -0.495 e. The summed E-state index contributed by atoms with van der Waals surface area (Å²) in [5.74, 6) is -2.79. The Morgan fingerprint density at radius 3 is 1.46 bits per heavy atom. The number of methoxy groups -OCH3 is 1. The molecule has 5 aromatic carbocycles. The smallest absolute Gasteiger partial charge is 0.239 e. The van der Waals surface area contributed by atoms with E-state index in [0.29, 0.717) is 21.9 Å². The van der Waals surface area contributed by atoms with Gasteiger partial charge in [-0.25, -0.2) is 4.90 Å². The van der Waals surface area contributed by atoms with Gasteiger partial charge in [0.2, 0.25) is 11.8 Å². The maximum Gasteiger partial charge on any atom is 0.239 e. The Bertz CT molecular complexity index is 2030. The highest BCUT2D eigenvalue weighted by Gasteiger charge is 2.82. The molecule has 0 radical (unpaired) electrons. The van der Waals surface area contributed by atoms with Gasteiger partial charge in [0.05, 0.1) is 35.5 Å². The van der Waals surface area contributed by atoms with E-state index in [0.717, 1.165) is 33.4 Å². The number of halogens is 1. The molecule has 2 fully saturated rings. The highest BCUT2D eigenvalue weighted by molar-refractivity contribution is 6.39. The van der Waals surface area contributed by atoms with Gasteiger partial charge in [0, 0.05) is 5.02 Å². The number of rotatable bonds is 6. The van der Waals surface area contributed by atoms with Crippen molar-refractivity contribution in [3.63, 3.8) is 0 Å². The quantitative estimate of drug-likeness (QED) is 0.174. The standard InChI is InChI=1S/C42H32ClNO4/c1-25-14-18-27(19-15-25)34-35(28-20-16-26(2)17-21-28)42(30-12-8-5-9-13-30)37-36(41(34,40(42)47)29-10-6-4-7-11-29)38(45)44(39(37)46)32-24-31(43)22-23-33(32)48-3/h4-24,36-37H,1-3H3/t36-,37-,41+,42+/m1/s1. The van der Waals surface area contributed by atoms with E-state index < -0.39 is 34.5 Å². The van der Waals surface area contributed by atoms with E-state index in [-0.39, 0.29) is 11.5 Å². The molecule has 6 heteroatoms. The molecule has 1 heterocycles. The van der Waals surface area contributed by atoms with Crippen LogP contribution in [0, 0.1) is 25.7 Å². The molecule has 4 atom stereocenters. The number of ketones is 1. The average molecular weight is 650 g/mol. The second-order valence-corrected chi connectivity index (χ2v) is 13.4. The molecule has 0 spiro atoms. The molecule has 236 valence electrons. The summed E-state index contributed by atoms with van der Waals surface area (Å²) in [7, 11) is 1.50. The number of benzene rings is 5. The number of imide groups is 1. The van der Waals surface area contributed by atoms with Crippen LogP contribution in [0.25, 0.3) is 11.1 Å². The molecule has 5 nitrogen and oxygen atoms in total. The van der Waals surface area contributed by atoms with Gasteiger partial charge in [-0.1, -0.05) is 132 Å². The number of hydrogen-bond donors (Lipinski definition) is 0. The Hall–Kier alpha value is -5.26. The highest BCUT2D eigenvalue weighted by atomic mass is 35.5. The third kappa shape index (κ3) is 3.82. The fourth-order valence-electron chi connectivity index (χ4n) is 8.64. The molecule has 1 saturated carbocycles. The Morgan fingerprint density at radius 2 is 1.04 bits per heavy atom. The van der Waals surface area contributed by atoms with Gasteiger partial charge in [0.1, 0.15) is 5.75 Å². The molecule has 0 N–H and O–H groups in total. The highest BCUT2D eigenvalue weighted by Crippen LogP contribution is 2.74. The van der Waals surface area contributed by atoms with Gasteiger partial charge < -0.3 is 4.74 Å². The summed E-state index contributed by atoms with van der Waals surface area (Å²) in [5.41, 5.74) is 4.00. The van der Waals surface area contributed by atoms with E-state index >= 15 is 14.4 Å². The summed E-state index contributed by atoms with van der Waals surface area (Å²) in [4.78, 5) is 47.7. The predicted molar refractivity (Wildman–Crippen MR) is 188 cm³/mol. The maximum absolute atomic E-state index is 16.0. The topological polar surface area (TPSA) is 63.7 Å².